The molecule has 0 radical (unpaired) electrons. The lowest BCUT2D eigenvalue weighted by Gasteiger charge is -2.25. The van der Waals surface area contributed by atoms with Crippen molar-refractivity contribution in [3.63, 3.8) is 0 Å². The summed E-state index contributed by atoms with van der Waals surface area (Å²) in [5, 5.41) is 9.19. The summed E-state index contributed by atoms with van der Waals surface area (Å²) in [6.45, 7) is 0. The van der Waals surface area contributed by atoms with Gasteiger partial charge in [0.2, 0.25) is 11.8 Å². The van der Waals surface area contributed by atoms with E-state index in [9.17, 15) is 22.8 Å². The van der Waals surface area contributed by atoms with E-state index >= 15 is 0 Å². The van der Waals surface area contributed by atoms with Crippen LogP contribution in [-0.4, -0.2) is 21.6 Å². The first kappa shape index (κ1) is 18.7. The summed E-state index contributed by atoms with van der Waals surface area (Å²) in [5.74, 6) is -0.836. The minimum Gasteiger partial charge on any atom is -0.324 e. The monoisotopic (exact) mass is 400 g/mol. The number of para-hydroxylation sites is 1. The number of nitrogens with one attached hydrogen (secondary N) is 2. The predicted molar refractivity (Wildman–Crippen MR) is 100 cm³/mol. The van der Waals surface area contributed by atoms with Crippen LogP contribution < -0.4 is 10.6 Å². The van der Waals surface area contributed by atoms with Crippen LogP contribution in [0.3, 0.4) is 0 Å². The Morgan fingerprint density at radius 1 is 1.10 bits per heavy atom. The second kappa shape index (κ2) is 7.08. The molecule has 2 N–H and O–H groups in total. The second-order valence-electron chi connectivity index (χ2n) is 6.52. The van der Waals surface area contributed by atoms with Crippen LogP contribution in [0.5, 0.6) is 0 Å². The molecule has 0 aliphatic carbocycles. The maximum Gasteiger partial charge on any atom is 0.418 e. The highest BCUT2D eigenvalue weighted by molar-refractivity contribution is 6.03. The number of aromatic nitrogens is 2. The maximum absolute atomic E-state index is 13.2. The van der Waals surface area contributed by atoms with Crippen molar-refractivity contribution in [2.24, 2.45) is 0 Å². The number of carbonyl (C=O) groups is 2. The molecule has 0 fully saturated rings. The van der Waals surface area contributed by atoms with Crippen LogP contribution in [0, 0.1) is 0 Å². The summed E-state index contributed by atoms with van der Waals surface area (Å²) < 4.78 is 40.9. The molecule has 6 nitrogen and oxygen atoms in total. The molecule has 9 heteroatoms. The van der Waals surface area contributed by atoms with E-state index in [1.807, 2.05) is 30.3 Å². The Kier molecular flexibility index (Phi) is 4.57. The molecule has 0 spiro atoms. The van der Waals surface area contributed by atoms with Crippen molar-refractivity contribution in [2.45, 2.75) is 18.6 Å². The van der Waals surface area contributed by atoms with Crippen LogP contribution in [0.15, 0.2) is 60.8 Å². The van der Waals surface area contributed by atoms with Crippen molar-refractivity contribution < 1.29 is 22.8 Å². The van der Waals surface area contributed by atoms with Crippen molar-refractivity contribution in [3.05, 3.63) is 66.4 Å². The van der Waals surface area contributed by atoms with Gasteiger partial charge >= 0.3 is 6.18 Å². The summed E-state index contributed by atoms with van der Waals surface area (Å²) in [6, 6.07) is 12.8. The minimum absolute atomic E-state index is 0.233. The zero-order valence-electron chi connectivity index (χ0n) is 14.9. The number of rotatable bonds is 3. The van der Waals surface area contributed by atoms with Crippen molar-refractivity contribution >= 4 is 23.3 Å². The van der Waals surface area contributed by atoms with Gasteiger partial charge in [0.05, 0.1) is 23.9 Å². The zero-order valence-corrected chi connectivity index (χ0v) is 14.9. The van der Waals surface area contributed by atoms with Gasteiger partial charge in [0, 0.05) is 5.56 Å². The molecule has 0 bridgehead atoms. The number of hydrogen-bond acceptors (Lipinski definition) is 3. The Balaban J connectivity index is 1.67. The van der Waals surface area contributed by atoms with E-state index in [4.69, 9.17) is 0 Å². The molecule has 1 atom stereocenters. The number of hydrogen-bond donors (Lipinski definition) is 2. The van der Waals surface area contributed by atoms with Gasteiger partial charge in [-0.05, 0) is 17.7 Å². The summed E-state index contributed by atoms with van der Waals surface area (Å²) in [4.78, 5) is 25.0. The van der Waals surface area contributed by atoms with Gasteiger partial charge in [-0.15, -0.1) is 0 Å². The van der Waals surface area contributed by atoms with Crippen LogP contribution in [0.2, 0.25) is 0 Å². The maximum atomic E-state index is 13.2. The van der Waals surface area contributed by atoms with Gasteiger partial charge < -0.3 is 10.6 Å². The number of carbonyl (C=O) groups excluding carboxylic acids is 2. The van der Waals surface area contributed by atoms with E-state index in [0.29, 0.717) is 11.4 Å². The second-order valence-corrected chi connectivity index (χ2v) is 6.52. The average Bonchev–Trinajstić information content (AvgIpc) is 3.11. The Labute approximate surface area is 163 Å². The highest BCUT2D eigenvalue weighted by Crippen LogP contribution is 2.37. The van der Waals surface area contributed by atoms with Gasteiger partial charge in [-0.3, -0.25) is 9.59 Å². The van der Waals surface area contributed by atoms with E-state index in [2.05, 4.69) is 15.7 Å². The molecule has 3 aromatic rings. The highest BCUT2D eigenvalue weighted by atomic mass is 19.4. The third-order valence-corrected chi connectivity index (χ3v) is 4.61. The van der Waals surface area contributed by atoms with Crippen molar-refractivity contribution in [1.29, 1.82) is 0 Å². The minimum atomic E-state index is -4.62. The lowest BCUT2D eigenvalue weighted by atomic mass is 10.1. The summed E-state index contributed by atoms with van der Waals surface area (Å²) >= 11 is 0. The molecule has 4 rings (SSSR count). The molecule has 0 saturated heterocycles. The third kappa shape index (κ3) is 3.58. The summed E-state index contributed by atoms with van der Waals surface area (Å²) in [7, 11) is 0. The number of anilines is 2. The zero-order chi connectivity index (χ0) is 20.6. The Morgan fingerprint density at radius 3 is 2.52 bits per heavy atom. The van der Waals surface area contributed by atoms with Crippen LogP contribution in [0.1, 0.15) is 18.0 Å². The number of nitrogens with zero attached hydrogens (tertiary/aromatic N) is 2. The van der Waals surface area contributed by atoms with Gasteiger partial charge in [-0.1, -0.05) is 42.5 Å². The Morgan fingerprint density at radius 2 is 1.79 bits per heavy atom. The molecular formula is C20H15F3N4O2. The van der Waals surface area contributed by atoms with E-state index in [-0.39, 0.29) is 12.1 Å². The molecule has 1 aliphatic rings. The Hall–Kier alpha value is -3.62. The topological polar surface area (TPSA) is 76.0 Å². The molecule has 29 heavy (non-hydrogen) atoms. The molecular weight excluding hydrogens is 385 g/mol. The molecule has 0 saturated carbocycles. The van der Waals surface area contributed by atoms with Gasteiger partial charge in [0.1, 0.15) is 11.9 Å². The normalized spacial score (nSPS) is 16.1. The average molecular weight is 400 g/mol. The molecule has 1 aromatic heterocycles. The first-order chi connectivity index (χ1) is 13.8. The molecule has 2 amide bonds. The summed E-state index contributed by atoms with van der Waals surface area (Å²) in [6.07, 6.45) is -3.34. The first-order valence-electron chi connectivity index (χ1n) is 8.74. The number of amides is 2. The lowest BCUT2D eigenvalue weighted by molar-refractivity contribution is -0.137. The number of alkyl halides is 3. The molecule has 2 heterocycles. The van der Waals surface area contributed by atoms with E-state index < -0.39 is 29.6 Å². The first-order valence-corrected chi connectivity index (χ1v) is 8.74. The fourth-order valence-electron chi connectivity index (χ4n) is 3.26. The number of benzene rings is 2. The van der Waals surface area contributed by atoms with E-state index in [0.717, 1.165) is 11.6 Å². The van der Waals surface area contributed by atoms with Crippen LogP contribution in [0.4, 0.5) is 24.7 Å². The van der Waals surface area contributed by atoms with Crippen molar-refractivity contribution in [1.82, 2.24) is 9.78 Å². The molecule has 148 valence electrons. The number of halogens is 3. The molecule has 1 aliphatic heterocycles. The van der Waals surface area contributed by atoms with E-state index in [1.165, 1.54) is 29.1 Å². The highest BCUT2D eigenvalue weighted by Gasteiger charge is 2.36. The lowest BCUT2D eigenvalue weighted by Crippen LogP contribution is -2.36. The van der Waals surface area contributed by atoms with E-state index in [1.54, 1.807) is 0 Å². The van der Waals surface area contributed by atoms with Crippen LogP contribution in [0.25, 0.3) is 11.1 Å². The standard InChI is InChI=1S/C20H15F3N4O2/c21-20(22,23)14-8-4-5-9-15(14)25-19(29)16-10-17(28)26-18-13(11-24-27(16)18)12-6-2-1-3-7-12/h1-9,11,16H,10H2,(H,25,29)(H,26,28). The van der Waals surface area contributed by atoms with Gasteiger partial charge in [0.25, 0.3) is 0 Å². The molecule has 1 unspecified atom stereocenters. The Bertz CT molecular complexity index is 1080. The smallest absolute Gasteiger partial charge is 0.324 e. The third-order valence-electron chi connectivity index (χ3n) is 4.61. The quantitative estimate of drug-likeness (QED) is 0.695. The number of fused-ring (bicyclic) bond motifs is 1. The van der Waals surface area contributed by atoms with Crippen molar-refractivity contribution in [2.75, 3.05) is 10.6 Å². The fraction of sp³-hybridized carbons (Fsp3) is 0.150. The largest absolute Gasteiger partial charge is 0.418 e. The van der Waals surface area contributed by atoms with Crippen LogP contribution in [-0.2, 0) is 15.8 Å². The molecule has 2 aromatic carbocycles. The fourth-order valence-corrected chi connectivity index (χ4v) is 3.26. The SMILES string of the molecule is O=C1CC(C(=O)Nc2ccccc2C(F)(F)F)n2ncc(-c3ccccc3)c2N1. The van der Waals surface area contributed by atoms with Crippen LogP contribution >= 0.6 is 0 Å². The van der Waals surface area contributed by atoms with Gasteiger partial charge in [-0.25, -0.2) is 4.68 Å². The predicted octanol–water partition coefficient (Wildman–Crippen LogP) is 4.09. The summed E-state index contributed by atoms with van der Waals surface area (Å²) in [5.41, 5.74) is 0.0805. The van der Waals surface area contributed by atoms with Gasteiger partial charge in [0.15, 0.2) is 0 Å². The van der Waals surface area contributed by atoms with Crippen molar-refractivity contribution in [3.8, 4) is 11.1 Å². The van der Waals surface area contributed by atoms with Gasteiger partial charge in [-0.2, -0.15) is 18.3 Å².